The lowest BCUT2D eigenvalue weighted by molar-refractivity contribution is -0.0632. The molecule has 0 saturated carbocycles. The zero-order valence-electron chi connectivity index (χ0n) is 11.1. The van der Waals surface area contributed by atoms with Gasteiger partial charge in [-0.25, -0.2) is 0 Å². The molecule has 1 heterocycles. The summed E-state index contributed by atoms with van der Waals surface area (Å²) in [5.74, 6) is 0.951. The molecule has 1 atom stereocenters. The first kappa shape index (κ1) is 13.3. The number of ether oxygens (including phenoxy) is 3. The van der Waals surface area contributed by atoms with E-state index in [1.165, 1.54) is 5.56 Å². The highest BCUT2D eigenvalue weighted by molar-refractivity contribution is 5.33. The fourth-order valence-electron chi connectivity index (χ4n) is 2.29. The van der Waals surface area contributed by atoms with Gasteiger partial charge in [0.05, 0.1) is 26.4 Å². The Labute approximate surface area is 108 Å². The first-order valence-corrected chi connectivity index (χ1v) is 6.28. The molecule has 0 N–H and O–H groups in total. The number of rotatable bonds is 5. The third kappa shape index (κ3) is 3.45. The fourth-order valence-corrected chi connectivity index (χ4v) is 2.29. The molecule has 0 spiro atoms. The fraction of sp³-hybridized carbons (Fsp3) is 0.571. The zero-order chi connectivity index (χ0) is 12.8. The molecular formula is C14H21NO3. The van der Waals surface area contributed by atoms with Crippen LogP contribution in [0.4, 0.5) is 0 Å². The van der Waals surface area contributed by atoms with Crippen LogP contribution in [0.3, 0.4) is 0 Å². The van der Waals surface area contributed by atoms with Crippen molar-refractivity contribution in [2.45, 2.75) is 12.6 Å². The van der Waals surface area contributed by atoms with Crippen molar-refractivity contribution < 1.29 is 14.2 Å². The van der Waals surface area contributed by atoms with Gasteiger partial charge in [-0.2, -0.15) is 0 Å². The summed E-state index contributed by atoms with van der Waals surface area (Å²) in [7, 11) is 3.43. The quantitative estimate of drug-likeness (QED) is 0.794. The van der Waals surface area contributed by atoms with E-state index >= 15 is 0 Å². The van der Waals surface area contributed by atoms with Crippen molar-refractivity contribution in [2.24, 2.45) is 0 Å². The van der Waals surface area contributed by atoms with Crippen LogP contribution in [-0.4, -0.2) is 51.5 Å². The summed E-state index contributed by atoms with van der Waals surface area (Å²) in [6, 6.07) is 8.16. The molecule has 4 heteroatoms. The van der Waals surface area contributed by atoms with Gasteiger partial charge in [0, 0.05) is 32.3 Å². The third-order valence-electron chi connectivity index (χ3n) is 3.16. The van der Waals surface area contributed by atoms with Crippen LogP contribution in [-0.2, 0) is 16.0 Å². The van der Waals surface area contributed by atoms with Gasteiger partial charge in [0.2, 0.25) is 0 Å². The number of morpholine rings is 1. The average Bonchev–Trinajstić information content (AvgIpc) is 2.40. The van der Waals surface area contributed by atoms with E-state index in [1.54, 1.807) is 14.2 Å². The molecule has 2 rings (SSSR count). The van der Waals surface area contributed by atoms with Gasteiger partial charge in [-0.3, -0.25) is 4.90 Å². The maximum atomic E-state index is 5.64. The van der Waals surface area contributed by atoms with Crippen molar-refractivity contribution >= 4 is 0 Å². The predicted octanol–water partition coefficient (Wildman–Crippen LogP) is 1.54. The van der Waals surface area contributed by atoms with E-state index in [1.807, 2.05) is 18.2 Å². The second kappa shape index (κ2) is 6.73. The van der Waals surface area contributed by atoms with Gasteiger partial charge in [0.1, 0.15) is 5.75 Å². The maximum Gasteiger partial charge on any atom is 0.123 e. The van der Waals surface area contributed by atoms with Crippen molar-refractivity contribution in [3.8, 4) is 5.75 Å². The maximum absolute atomic E-state index is 5.64. The smallest absolute Gasteiger partial charge is 0.123 e. The monoisotopic (exact) mass is 251 g/mol. The number of nitrogens with zero attached hydrogens (tertiary/aromatic N) is 1. The molecule has 0 radical (unpaired) electrons. The van der Waals surface area contributed by atoms with Crippen molar-refractivity contribution in [1.82, 2.24) is 4.90 Å². The zero-order valence-corrected chi connectivity index (χ0v) is 11.1. The van der Waals surface area contributed by atoms with Crippen molar-refractivity contribution in [2.75, 3.05) is 40.5 Å². The summed E-state index contributed by atoms with van der Waals surface area (Å²) in [5, 5.41) is 0. The van der Waals surface area contributed by atoms with Gasteiger partial charge in [0.15, 0.2) is 0 Å². The number of para-hydroxylation sites is 1. The second-order valence-electron chi connectivity index (χ2n) is 4.50. The molecule has 100 valence electrons. The highest BCUT2D eigenvalue weighted by Gasteiger charge is 2.21. The Balaban J connectivity index is 1.96. The molecule has 1 aromatic carbocycles. The van der Waals surface area contributed by atoms with Crippen LogP contribution in [0, 0.1) is 0 Å². The highest BCUT2D eigenvalue weighted by atomic mass is 16.5. The summed E-state index contributed by atoms with van der Waals surface area (Å²) >= 11 is 0. The van der Waals surface area contributed by atoms with Gasteiger partial charge in [-0.1, -0.05) is 18.2 Å². The normalized spacial score (nSPS) is 20.9. The number of benzene rings is 1. The minimum Gasteiger partial charge on any atom is -0.496 e. The Morgan fingerprint density at radius 1 is 1.33 bits per heavy atom. The number of hydrogen-bond acceptors (Lipinski definition) is 4. The van der Waals surface area contributed by atoms with E-state index in [9.17, 15) is 0 Å². The third-order valence-corrected chi connectivity index (χ3v) is 3.16. The van der Waals surface area contributed by atoms with Crippen molar-refractivity contribution in [3.05, 3.63) is 29.8 Å². The Kier molecular flexibility index (Phi) is 4.99. The Bertz CT molecular complexity index is 368. The van der Waals surface area contributed by atoms with Crippen LogP contribution >= 0.6 is 0 Å². The molecule has 0 aromatic heterocycles. The molecule has 1 saturated heterocycles. The molecular weight excluding hydrogens is 230 g/mol. The van der Waals surface area contributed by atoms with E-state index in [0.717, 1.165) is 32.0 Å². The minimum absolute atomic E-state index is 0.179. The molecule has 1 aromatic rings. The van der Waals surface area contributed by atoms with E-state index < -0.39 is 0 Å². The van der Waals surface area contributed by atoms with E-state index in [-0.39, 0.29) is 6.10 Å². The number of hydrogen-bond donors (Lipinski definition) is 0. The van der Waals surface area contributed by atoms with Gasteiger partial charge in [-0.05, 0) is 6.07 Å². The summed E-state index contributed by atoms with van der Waals surface area (Å²) in [5.41, 5.74) is 1.22. The lowest BCUT2D eigenvalue weighted by Crippen LogP contribution is -2.43. The minimum atomic E-state index is 0.179. The van der Waals surface area contributed by atoms with Crippen LogP contribution in [0.5, 0.6) is 5.75 Å². The highest BCUT2D eigenvalue weighted by Crippen LogP contribution is 2.20. The van der Waals surface area contributed by atoms with Crippen LogP contribution in [0.15, 0.2) is 24.3 Å². The van der Waals surface area contributed by atoms with Crippen LogP contribution in [0.25, 0.3) is 0 Å². The molecule has 18 heavy (non-hydrogen) atoms. The van der Waals surface area contributed by atoms with Gasteiger partial charge in [-0.15, -0.1) is 0 Å². The number of methoxy groups -OCH3 is 2. The predicted molar refractivity (Wildman–Crippen MR) is 69.9 cm³/mol. The molecule has 1 fully saturated rings. The van der Waals surface area contributed by atoms with Crippen molar-refractivity contribution in [3.63, 3.8) is 0 Å². The average molecular weight is 251 g/mol. The summed E-state index contributed by atoms with van der Waals surface area (Å²) < 4.78 is 16.2. The molecule has 4 nitrogen and oxygen atoms in total. The lowest BCUT2D eigenvalue weighted by atomic mass is 10.1. The van der Waals surface area contributed by atoms with Crippen LogP contribution in [0.1, 0.15) is 5.56 Å². The van der Waals surface area contributed by atoms with E-state index in [0.29, 0.717) is 6.61 Å². The Morgan fingerprint density at radius 3 is 2.94 bits per heavy atom. The molecule has 1 aliphatic rings. The molecule has 0 unspecified atom stereocenters. The second-order valence-corrected chi connectivity index (χ2v) is 4.50. The largest absolute Gasteiger partial charge is 0.496 e. The standard InChI is InChI=1S/C14H21NO3/c1-16-11-13-10-15(7-8-18-13)9-12-5-3-4-6-14(12)17-2/h3-6,13H,7-11H2,1-2H3/t13-/m0/s1. The van der Waals surface area contributed by atoms with Crippen LogP contribution in [0.2, 0.25) is 0 Å². The molecule has 0 aliphatic carbocycles. The lowest BCUT2D eigenvalue weighted by Gasteiger charge is -2.32. The summed E-state index contributed by atoms with van der Waals surface area (Å²) in [6.45, 7) is 4.18. The van der Waals surface area contributed by atoms with Gasteiger partial charge >= 0.3 is 0 Å². The topological polar surface area (TPSA) is 30.9 Å². The molecule has 1 aliphatic heterocycles. The first-order valence-electron chi connectivity index (χ1n) is 6.28. The Hall–Kier alpha value is -1.10. The van der Waals surface area contributed by atoms with E-state index in [2.05, 4.69) is 11.0 Å². The van der Waals surface area contributed by atoms with Crippen molar-refractivity contribution in [1.29, 1.82) is 0 Å². The first-order chi connectivity index (χ1) is 8.83. The van der Waals surface area contributed by atoms with Gasteiger partial charge < -0.3 is 14.2 Å². The SMILES string of the molecule is COC[C@@H]1CN(Cc2ccccc2OC)CCO1. The van der Waals surface area contributed by atoms with E-state index in [4.69, 9.17) is 14.2 Å². The summed E-state index contributed by atoms with van der Waals surface area (Å²) in [4.78, 5) is 2.38. The van der Waals surface area contributed by atoms with Crippen LogP contribution < -0.4 is 4.74 Å². The Morgan fingerprint density at radius 2 is 2.17 bits per heavy atom. The molecule has 0 amide bonds. The summed E-state index contributed by atoms with van der Waals surface area (Å²) in [6.07, 6.45) is 0.179. The van der Waals surface area contributed by atoms with Gasteiger partial charge in [0.25, 0.3) is 0 Å². The molecule has 0 bridgehead atoms.